The highest BCUT2D eigenvalue weighted by molar-refractivity contribution is 5.96. The smallest absolute Gasteiger partial charge is 0.257 e. The van der Waals surface area contributed by atoms with Crippen LogP contribution in [0.4, 0.5) is 0 Å². The Bertz CT molecular complexity index is 457. The number of carbonyl (C=O) groups excluding carboxylic acids is 1. The normalized spacial score (nSPS) is 16.1. The monoisotopic (exact) mass is 291 g/mol. The number of nitrogens with zero attached hydrogens (tertiary/aromatic N) is 2. The summed E-state index contributed by atoms with van der Waals surface area (Å²) in [5.74, 6) is -0.0115. The quantitative estimate of drug-likeness (QED) is 0.775. The second kappa shape index (κ2) is 8.00. The summed E-state index contributed by atoms with van der Waals surface area (Å²) >= 11 is 0. The van der Waals surface area contributed by atoms with E-state index < -0.39 is 0 Å². The van der Waals surface area contributed by atoms with E-state index in [1.54, 1.807) is 24.3 Å². The van der Waals surface area contributed by atoms with Crippen LogP contribution < -0.4 is 5.73 Å². The molecular weight excluding hydrogens is 266 g/mol. The van der Waals surface area contributed by atoms with Crippen LogP contribution >= 0.6 is 0 Å². The van der Waals surface area contributed by atoms with Gasteiger partial charge in [-0.2, -0.15) is 0 Å². The van der Waals surface area contributed by atoms with Gasteiger partial charge in [0.1, 0.15) is 5.75 Å². The summed E-state index contributed by atoms with van der Waals surface area (Å²) in [6.45, 7) is 5.11. The molecule has 0 spiro atoms. The number of amides is 1. The van der Waals surface area contributed by atoms with Crippen LogP contribution in [0.2, 0.25) is 0 Å². The molecule has 21 heavy (non-hydrogen) atoms. The van der Waals surface area contributed by atoms with Gasteiger partial charge in [0.05, 0.1) is 5.56 Å². The van der Waals surface area contributed by atoms with Crippen LogP contribution in [0.1, 0.15) is 29.6 Å². The van der Waals surface area contributed by atoms with Crippen molar-refractivity contribution >= 4 is 5.91 Å². The third kappa shape index (κ3) is 4.44. The molecule has 0 aromatic heterocycles. The Morgan fingerprint density at radius 3 is 2.48 bits per heavy atom. The number of carbonyl (C=O) groups is 1. The van der Waals surface area contributed by atoms with Gasteiger partial charge >= 0.3 is 0 Å². The predicted molar refractivity (Wildman–Crippen MR) is 83.4 cm³/mol. The average molecular weight is 291 g/mol. The van der Waals surface area contributed by atoms with Crippen molar-refractivity contribution in [1.82, 2.24) is 9.80 Å². The summed E-state index contributed by atoms with van der Waals surface area (Å²) in [6, 6.07) is 6.74. The summed E-state index contributed by atoms with van der Waals surface area (Å²) in [7, 11) is 0. The van der Waals surface area contributed by atoms with E-state index in [9.17, 15) is 9.90 Å². The van der Waals surface area contributed by atoms with E-state index in [2.05, 4.69) is 4.90 Å². The van der Waals surface area contributed by atoms with Crippen LogP contribution in [-0.4, -0.2) is 60.1 Å². The van der Waals surface area contributed by atoms with E-state index in [0.29, 0.717) is 5.56 Å². The van der Waals surface area contributed by atoms with Crippen molar-refractivity contribution in [2.75, 3.05) is 39.3 Å². The number of aromatic hydroxyl groups is 1. The fraction of sp³-hybridized carbons (Fsp3) is 0.562. The van der Waals surface area contributed by atoms with Gasteiger partial charge in [0.25, 0.3) is 5.91 Å². The van der Waals surface area contributed by atoms with Gasteiger partial charge in [0, 0.05) is 26.2 Å². The molecule has 1 aliphatic rings. The Labute approximate surface area is 126 Å². The Hall–Kier alpha value is -1.59. The Morgan fingerprint density at radius 2 is 1.81 bits per heavy atom. The van der Waals surface area contributed by atoms with Crippen LogP contribution in [0.3, 0.4) is 0 Å². The maximum atomic E-state index is 12.4. The van der Waals surface area contributed by atoms with Crippen molar-refractivity contribution < 1.29 is 9.90 Å². The number of unbranched alkanes of at least 4 members (excludes halogenated alkanes) is 2. The molecular formula is C16H25N3O2. The van der Waals surface area contributed by atoms with Gasteiger partial charge in [-0.15, -0.1) is 0 Å². The Kier molecular flexibility index (Phi) is 6.02. The minimum atomic E-state index is -0.0733. The van der Waals surface area contributed by atoms with Crippen LogP contribution in [0, 0.1) is 0 Å². The predicted octanol–water partition coefficient (Wildman–Crippen LogP) is 1.28. The molecule has 0 unspecified atom stereocenters. The number of phenolic OH excluding ortho intramolecular Hbond substituents is 1. The highest BCUT2D eigenvalue weighted by atomic mass is 16.3. The van der Waals surface area contributed by atoms with Crippen molar-refractivity contribution in [3.63, 3.8) is 0 Å². The zero-order valence-electron chi connectivity index (χ0n) is 12.5. The second-order valence-electron chi connectivity index (χ2n) is 5.50. The minimum absolute atomic E-state index is 0.0618. The number of phenols is 1. The van der Waals surface area contributed by atoms with E-state index in [1.807, 2.05) is 4.90 Å². The first-order valence-corrected chi connectivity index (χ1v) is 7.72. The molecule has 0 bridgehead atoms. The van der Waals surface area contributed by atoms with E-state index in [0.717, 1.165) is 45.7 Å². The molecule has 0 aliphatic carbocycles. The van der Waals surface area contributed by atoms with Crippen LogP contribution in [0.5, 0.6) is 5.75 Å². The van der Waals surface area contributed by atoms with E-state index in [-0.39, 0.29) is 11.7 Å². The molecule has 3 N–H and O–H groups in total. The minimum Gasteiger partial charge on any atom is -0.507 e. The number of hydrogen-bond donors (Lipinski definition) is 2. The number of rotatable bonds is 6. The SMILES string of the molecule is NCCCCCN1CCN(C(=O)c2ccccc2O)CC1. The van der Waals surface area contributed by atoms with Gasteiger partial charge < -0.3 is 15.7 Å². The number of nitrogens with two attached hydrogens (primary N) is 1. The lowest BCUT2D eigenvalue weighted by atomic mass is 10.1. The summed E-state index contributed by atoms with van der Waals surface area (Å²) in [4.78, 5) is 16.6. The first-order chi connectivity index (χ1) is 10.2. The van der Waals surface area contributed by atoms with Gasteiger partial charge in [-0.3, -0.25) is 9.69 Å². The molecule has 5 heteroatoms. The first kappa shape index (κ1) is 15.8. The summed E-state index contributed by atoms with van der Waals surface area (Å²) in [5.41, 5.74) is 5.89. The van der Waals surface area contributed by atoms with Gasteiger partial charge in [0.2, 0.25) is 0 Å². The van der Waals surface area contributed by atoms with Crippen LogP contribution in [0.15, 0.2) is 24.3 Å². The molecule has 1 saturated heterocycles. The van der Waals surface area contributed by atoms with E-state index in [1.165, 1.54) is 12.8 Å². The van der Waals surface area contributed by atoms with Gasteiger partial charge in [-0.1, -0.05) is 18.6 Å². The topological polar surface area (TPSA) is 69.8 Å². The molecule has 0 atom stereocenters. The maximum absolute atomic E-state index is 12.4. The average Bonchev–Trinajstić information content (AvgIpc) is 2.52. The molecule has 2 rings (SSSR count). The third-order valence-corrected chi connectivity index (χ3v) is 3.97. The number of para-hydroxylation sites is 1. The summed E-state index contributed by atoms with van der Waals surface area (Å²) in [6.07, 6.45) is 3.43. The highest BCUT2D eigenvalue weighted by Gasteiger charge is 2.23. The fourth-order valence-corrected chi connectivity index (χ4v) is 2.66. The van der Waals surface area contributed by atoms with Crippen molar-refractivity contribution in [2.45, 2.75) is 19.3 Å². The summed E-state index contributed by atoms with van der Waals surface area (Å²) in [5, 5.41) is 9.76. The van der Waals surface area contributed by atoms with Crippen LogP contribution in [-0.2, 0) is 0 Å². The van der Waals surface area contributed by atoms with Gasteiger partial charge in [0.15, 0.2) is 0 Å². The number of piperazine rings is 1. The molecule has 5 nitrogen and oxygen atoms in total. The largest absolute Gasteiger partial charge is 0.507 e. The molecule has 0 saturated carbocycles. The molecule has 1 amide bonds. The van der Waals surface area contributed by atoms with E-state index >= 15 is 0 Å². The number of benzene rings is 1. The molecule has 1 aromatic rings. The molecule has 1 heterocycles. The highest BCUT2D eigenvalue weighted by Crippen LogP contribution is 2.18. The Balaban J connectivity index is 1.78. The molecule has 1 fully saturated rings. The zero-order chi connectivity index (χ0) is 15.1. The molecule has 0 radical (unpaired) electrons. The maximum Gasteiger partial charge on any atom is 0.257 e. The zero-order valence-corrected chi connectivity index (χ0v) is 12.5. The van der Waals surface area contributed by atoms with Gasteiger partial charge in [-0.05, 0) is 38.1 Å². The summed E-state index contributed by atoms with van der Waals surface area (Å²) < 4.78 is 0. The van der Waals surface area contributed by atoms with E-state index in [4.69, 9.17) is 5.73 Å². The third-order valence-electron chi connectivity index (χ3n) is 3.97. The lowest BCUT2D eigenvalue weighted by Crippen LogP contribution is -2.48. The van der Waals surface area contributed by atoms with Crippen LogP contribution in [0.25, 0.3) is 0 Å². The van der Waals surface area contributed by atoms with Crippen molar-refractivity contribution in [3.05, 3.63) is 29.8 Å². The second-order valence-corrected chi connectivity index (χ2v) is 5.50. The van der Waals surface area contributed by atoms with Crippen molar-refractivity contribution in [3.8, 4) is 5.75 Å². The lowest BCUT2D eigenvalue weighted by Gasteiger charge is -2.34. The Morgan fingerprint density at radius 1 is 1.10 bits per heavy atom. The molecule has 1 aliphatic heterocycles. The van der Waals surface area contributed by atoms with Gasteiger partial charge in [-0.25, -0.2) is 0 Å². The van der Waals surface area contributed by atoms with Crippen molar-refractivity contribution in [2.24, 2.45) is 5.73 Å². The molecule has 1 aromatic carbocycles. The first-order valence-electron chi connectivity index (χ1n) is 7.72. The standard InChI is InChI=1S/C16H25N3O2/c17-8-4-1-5-9-18-10-12-19(13-11-18)16(21)14-6-2-3-7-15(14)20/h2-3,6-7,20H,1,4-5,8-13,17H2. The fourth-order valence-electron chi connectivity index (χ4n) is 2.66. The lowest BCUT2D eigenvalue weighted by molar-refractivity contribution is 0.0632. The number of hydrogen-bond acceptors (Lipinski definition) is 4. The van der Waals surface area contributed by atoms with Crippen molar-refractivity contribution in [1.29, 1.82) is 0 Å². The molecule has 116 valence electrons.